The molecule has 0 saturated carbocycles. The molecule has 4 rings (SSSR count). The van der Waals surface area contributed by atoms with Gasteiger partial charge in [-0.3, -0.25) is 0 Å². The van der Waals surface area contributed by atoms with Crippen molar-refractivity contribution in [3.8, 4) is 5.75 Å². The van der Waals surface area contributed by atoms with Gasteiger partial charge in [0.15, 0.2) is 0 Å². The minimum atomic E-state index is -4.66. The molecule has 1 aliphatic heterocycles. The van der Waals surface area contributed by atoms with E-state index < -0.39 is 6.36 Å². The van der Waals surface area contributed by atoms with E-state index >= 15 is 0 Å². The monoisotopic (exact) mass is 472 g/mol. The Balaban J connectivity index is 0.00000171. The van der Waals surface area contributed by atoms with E-state index in [1.54, 1.807) is 12.1 Å². The molecule has 0 unspecified atom stereocenters. The third-order valence-electron chi connectivity index (χ3n) is 5.40. The topological polar surface area (TPSA) is 24.5 Å². The third-order valence-corrected chi connectivity index (χ3v) is 5.40. The van der Waals surface area contributed by atoms with Crippen molar-refractivity contribution in [3.63, 3.8) is 0 Å². The Morgan fingerprint density at radius 1 is 0.968 bits per heavy atom. The van der Waals surface area contributed by atoms with Crippen molar-refractivity contribution in [1.29, 1.82) is 0 Å². The van der Waals surface area contributed by atoms with Crippen LogP contribution in [-0.2, 0) is 0 Å². The molecular formula is C23H25Cl2F3N2O. The Labute approximate surface area is 192 Å². The molecule has 1 aliphatic rings. The number of hydrogen-bond donors (Lipinski definition) is 1. The van der Waals surface area contributed by atoms with Gasteiger partial charge in [0, 0.05) is 30.9 Å². The van der Waals surface area contributed by atoms with E-state index in [1.807, 2.05) is 6.07 Å². The maximum absolute atomic E-state index is 12.3. The lowest BCUT2D eigenvalue weighted by Gasteiger charge is -2.23. The van der Waals surface area contributed by atoms with Crippen LogP contribution in [0.4, 0.5) is 18.9 Å². The SMILES string of the molecule is C[C@@H](N[C@@H]1CCN(c2ccc(OC(F)(F)F)cc2)C1)c1cccc2ccccc12.Cl.Cl. The first-order valence-corrected chi connectivity index (χ1v) is 9.73. The molecule has 31 heavy (non-hydrogen) atoms. The highest BCUT2D eigenvalue weighted by molar-refractivity contribution is 5.86. The summed E-state index contributed by atoms with van der Waals surface area (Å²) in [7, 11) is 0. The van der Waals surface area contributed by atoms with Gasteiger partial charge in [-0.15, -0.1) is 38.0 Å². The number of nitrogens with zero attached hydrogens (tertiary/aromatic N) is 1. The molecule has 1 saturated heterocycles. The van der Waals surface area contributed by atoms with Gasteiger partial charge in [-0.25, -0.2) is 0 Å². The smallest absolute Gasteiger partial charge is 0.406 e. The summed E-state index contributed by atoms with van der Waals surface area (Å²) in [5, 5.41) is 6.20. The van der Waals surface area contributed by atoms with E-state index in [2.05, 4.69) is 58.3 Å². The fourth-order valence-electron chi connectivity index (χ4n) is 4.06. The van der Waals surface area contributed by atoms with Crippen LogP contribution in [0.15, 0.2) is 66.7 Å². The van der Waals surface area contributed by atoms with Gasteiger partial charge in [-0.1, -0.05) is 42.5 Å². The van der Waals surface area contributed by atoms with Crippen LogP contribution in [-0.4, -0.2) is 25.5 Å². The van der Waals surface area contributed by atoms with Crippen molar-refractivity contribution in [2.24, 2.45) is 0 Å². The largest absolute Gasteiger partial charge is 0.573 e. The summed E-state index contributed by atoms with van der Waals surface area (Å²) < 4.78 is 40.9. The average Bonchev–Trinajstić information content (AvgIpc) is 3.15. The Bertz CT molecular complexity index is 977. The minimum Gasteiger partial charge on any atom is -0.406 e. The van der Waals surface area contributed by atoms with E-state index in [0.29, 0.717) is 6.04 Å². The lowest BCUT2D eigenvalue weighted by Crippen LogP contribution is -2.34. The lowest BCUT2D eigenvalue weighted by molar-refractivity contribution is -0.274. The Hall–Kier alpha value is -2.15. The van der Waals surface area contributed by atoms with Crippen LogP contribution >= 0.6 is 24.8 Å². The summed E-state index contributed by atoms with van der Waals surface area (Å²) in [6.07, 6.45) is -3.68. The predicted octanol–water partition coefficient (Wildman–Crippen LogP) is 6.51. The Kier molecular flexibility index (Phi) is 8.46. The van der Waals surface area contributed by atoms with Crippen LogP contribution in [0, 0.1) is 0 Å². The number of anilines is 1. The van der Waals surface area contributed by atoms with Crippen LogP contribution in [0.2, 0.25) is 0 Å². The van der Waals surface area contributed by atoms with Crippen molar-refractivity contribution in [1.82, 2.24) is 5.32 Å². The zero-order chi connectivity index (χ0) is 20.4. The summed E-state index contributed by atoms with van der Waals surface area (Å²) >= 11 is 0. The molecule has 0 bridgehead atoms. The van der Waals surface area contributed by atoms with Gasteiger partial charge in [0.2, 0.25) is 0 Å². The quantitative estimate of drug-likeness (QED) is 0.457. The lowest BCUT2D eigenvalue weighted by atomic mass is 9.99. The first-order valence-electron chi connectivity index (χ1n) is 9.73. The highest BCUT2D eigenvalue weighted by atomic mass is 35.5. The van der Waals surface area contributed by atoms with Crippen molar-refractivity contribution in [3.05, 3.63) is 72.3 Å². The fraction of sp³-hybridized carbons (Fsp3) is 0.304. The number of hydrogen-bond acceptors (Lipinski definition) is 3. The average molecular weight is 473 g/mol. The van der Waals surface area contributed by atoms with E-state index in [1.165, 1.54) is 28.5 Å². The first kappa shape index (κ1) is 25.1. The van der Waals surface area contributed by atoms with Gasteiger partial charge in [0.1, 0.15) is 5.75 Å². The number of ether oxygens (including phenoxy) is 1. The summed E-state index contributed by atoms with van der Waals surface area (Å²) in [6.45, 7) is 3.85. The van der Waals surface area contributed by atoms with E-state index in [0.717, 1.165) is 25.2 Å². The minimum absolute atomic E-state index is 0. The summed E-state index contributed by atoms with van der Waals surface area (Å²) in [5.41, 5.74) is 2.18. The molecule has 1 fully saturated rings. The molecule has 3 aromatic carbocycles. The molecule has 0 aliphatic carbocycles. The maximum Gasteiger partial charge on any atom is 0.573 e. The second-order valence-electron chi connectivity index (χ2n) is 7.43. The van der Waals surface area contributed by atoms with E-state index in [-0.39, 0.29) is 36.6 Å². The van der Waals surface area contributed by atoms with Crippen molar-refractivity contribution >= 4 is 41.3 Å². The summed E-state index contributed by atoms with van der Waals surface area (Å²) in [6, 6.07) is 21.3. The number of alkyl halides is 3. The number of halogens is 5. The Morgan fingerprint density at radius 2 is 1.65 bits per heavy atom. The molecular weight excluding hydrogens is 448 g/mol. The number of nitrogens with one attached hydrogen (secondary N) is 1. The third kappa shape index (κ3) is 6.19. The van der Waals surface area contributed by atoms with Crippen LogP contribution in [0.3, 0.4) is 0 Å². The molecule has 2 atom stereocenters. The predicted molar refractivity (Wildman–Crippen MR) is 124 cm³/mol. The highest BCUT2D eigenvalue weighted by Gasteiger charge is 2.31. The Morgan fingerprint density at radius 3 is 2.35 bits per heavy atom. The summed E-state index contributed by atoms with van der Waals surface area (Å²) in [5.74, 6) is -0.195. The molecule has 1 N–H and O–H groups in total. The molecule has 8 heteroatoms. The normalized spacial score (nSPS) is 17.0. The number of benzene rings is 3. The molecule has 1 heterocycles. The van der Waals surface area contributed by atoms with Gasteiger partial charge in [-0.05, 0) is 53.9 Å². The molecule has 168 valence electrons. The molecule has 0 aromatic heterocycles. The van der Waals surface area contributed by atoms with Crippen LogP contribution in [0.25, 0.3) is 10.8 Å². The number of rotatable bonds is 5. The van der Waals surface area contributed by atoms with Gasteiger partial charge in [0.05, 0.1) is 0 Å². The van der Waals surface area contributed by atoms with Crippen molar-refractivity contribution in [2.45, 2.75) is 31.8 Å². The number of fused-ring (bicyclic) bond motifs is 1. The van der Waals surface area contributed by atoms with Gasteiger partial charge >= 0.3 is 6.36 Å². The molecule has 0 radical (unpaired) electrons. The van der Waals surface area contributed by atoms with Crippen LogP contribution in [0.1, 0.15) is 24.9 Å². The maximum atomic E-state index is 12.3. The molecule has 0 spiro atoms. The van der Waals surface area contributed by atoms with Gasteiger partial charge in [0.25, 0.3) is 0 Å². The molecule has 3 nitrogen and oxygen atoms in total. The highest BCUT2D eigenvalue weighted by Crippen LogP contribution is 2.29. The second-order valence-corrected chi connectivity index (χ2v) is 7.43. The van der Waals surface area contributed by atoms with E-state index in [4.69, 9.17) is 0 Å². The zero-order valence-corrected chi connectivity index (χ0v) is 18.6. The van der Waals surface area contributed by atoms with Crippen LogP contribution in [0.5, 0.6) is 5.75 Å². The summed E-state index contributed by atoms with van der Waals surface area (Å²) in [4.78, 5) is 2.19. The standard InChI is InChI=1S/C23H23F3N2O.2ClH/c1-16(21-8-4-6-17-5-2-3-7-22(17)21)27-18-13-14-28(15-18)19-9-11-20(12-10-19)29-23(24,25)26;;/h2-12,16,18,27H,13-15H2,1H3;2*1H/t16-,18-;;/m1../s1. The second kappa shape index (κ2) is 10.4. The fourth-order valence-corrected chi connectivity index (χ4v) is 4.06. The van der Waals surface area contributed by atoms with Crippen molar-refractivity contribution < 1.29 is 17.9 Å². The zero-order valence-electron chi connectivity index (χ0n) is 16.9. The first-order chi connectivity index (χ1) is 13.9. The van der Waals surface area contributed by atoms with Gasteiger partial charge < -0.3 is 15.0 Å². The van der Waals surface area contributed by atoms with Crippen molar-refractivity contribution in [2.75, 3.05) is 18.0 Å². The molecule has 3 aromatic rings. The molecule has 0 amide bonds. The van der Waals surface area contributed by atoms with Gasteiger partial charge in [-0.2, -0.15) is 0 Å². The van der Waals surface area contributed by atoms with Crippen LogP contribution < -0.4 is 15.0 Å². The van der Waals surface area contributed by atoms with E-state index in [9.17, 15) is 13.2 Å².